The van der Waals surface area contributed by atoms with Crippen LogP contribution < -0.4 is 11.1 Å². The van der Waals surface area contributed by atoms with E-state index in [9.17, 15) is 9.59 Å². The third-order valence-corrected chi connectivity index (χ3v) is 2.70. The predicted octanol–water partition coefficient (Wildman–Crippen LogP) is 1.73. The number of hydrogen-bond donors (Lipinski definition) is 3. The molecule has 6 heteroatoms. The van der Waals surface area contributed by atoms with E-state index in [-0.39, 0.29) is 13.0 Å². The number of aliphatic carboxylic acids is 1. The highest BCUT2D eigenvalue weighted by molar-refractivity contribution is 5.71. The van der Waals surface area contributed by atoms with Crippen LogP contribution in [0.3, 0.4) is 0 Å². The molecule has 0 aliphatic rings. The van der Waals surface area contributed by atoms with Crippen LogP contribution in [0.5, 0.6) is 0 Å². The van der Waals surface area contributed by atoms with E-state index in [0.717, 1.165) is 6.42 Å². The van der Waals surface area contributed by atoms with Crippen LogP contribution in [0, 0.1) is 5.92 Å². The second-order valence-corrected chi connectivity index (χ2v) is 5.76. The summed E-state index contributed by atoms with van der Waals surface area (Å²) in [7, 11) is 0. The Morgan fingerprint density at radius 1 is 1.32 bits per heavy atom. The lowest BCUT2D eigenvalue weighted by atomic mass is 10.0. The molecular formula is C13H26N2O4. The van der Waals surface area contributed by atoms with E-state index in [1.54, 1.807) is 13.8 Å². The van der Waals surface area contributed by atoms with Crippen LogP contribution in [-0.2, 0) is 9.53 Å². The smallest absolute Gasteiger partial charge is 0.407 e. The van der Waals surface area contributed by atoms with Crippen LogP contribution >= 0.6 is 0 Å². The van der Waals surface area contributed by atoms with Crippen LogP contribution in [0.1, 0.15) is 47.0 Å². The summed E-state index contributed by atoms with van der Waals surface area (Å²) >= 11 is 0. The normalized spacial score (nSPS) is 13.2. The largest absolute Gasteiger partial charge is 0.481 e. The van der Waals surface area contributed by atoms with E-state index >= 15 is 0 Å². The van der Waals surface area contributed by atoms with Gasteiger partial charge in [0, 0.05) is 12.6 Å². The Kier molecular flexibility index (Phi) is 7.44. The molecule has 6 nitrogen and oxygen atoms in total. The standard InChI is InChI=1S/C13H26N2O4/c1-9(2)5-6-10(7-11(16)17)15-12(18)19-13(3,4)8-14/h9-10H,5-8,14H2,1-4H3,(H,15,18)(H,16,17). The van der Waals surface area contributed by atoms with Crippen molar-refractivity contribution in [3.63, 3.8) is 0 Å². The Morgan fingerprint density at radius 2 is 1.89 bits per heavy atom. The van der Waals surface area contributed by atoms with E-state index in [4.69, 9.17) is 15.6 Å². The van der Waals surface area contributed by atoms with E-state index in [0.29, 0.717) is 12.3 Å². The highest BCUT2D eigenvalue weighted by atomic mass is 16.6. The molecule has 112 valence electrons. The van der Waals surface area contributed by atoms with Crippen molar-refractivity contribution < 1.29 is 19.4 Å². The first-order valence-corrected chi connectivity index (χ1v) is 6.57. The Morgan fingerprint density at radius 3 is 2.32 bits per heavy atom. The lowest BCUT2D eigenvalue weighted by molar-refractivity contribution is -0.137. The number of rotatable bonds is 8. The summed E-state index contributed by atoms with van der Waals surface area (Å²) in [5.74, 6) is -0.485. The summed E-state index contributed by atoms with van der Waals surface area (Å²) in [5.41, 5.74) is 4.71. The van der Waals surface area contributed by atoms with Crippen molar-refractivity contribution in [1.29, 1.82) is 0 Å². The van der Waals surface area contributed by atoms with Gasteiger partial charge in [-0.2, -0.15) is 0 Å². The second-order valence-electron chi connectivity index (χ2n) is 5.76. The number of amides is 1. The van der Waals surface area contributed by atoms with Crippen LogP contribution in [0.15, 0.2) is 0 Å². The predicted molar refractivity (Wildman–Crippen MR) is 72.9 cm³/mol. The monoisotopic (exact) mass is 274 g/mol. The lowest BCUT2D eigenvalue weighted by Gasteiger charge is -2.25. The molecule has 0 aromatic carbocycles. The van der Waals surface area contributed by atoms with Gasteiger partial charge in [0.1, 0.15) is 5.60 Å². The van der Waals surface area contributed by atoms with E-state index in [2.05, 4.69) is 5.32 Å². The molecule has 0 aromatic rings. The number of carbonyl (C=O) groups excluding carboxylic acids is 1. The first-order valence-electron chi connectivity index (χ1n) is 6.57. The molecule has 0 spiro atoms. The number of carboxylic acid groups (broad SMARTS) is 1. The van der Waals surface area contributed by atoms with E-state index < -0.39 is 23.7 Å². The van der Waals surface area contributed by atoms with Crippen molar-refractivity contribution in [2.24, 2.45) is 11.7 Å². The van der Waals surface area contributed by atoms with Crippen molar-refractivity contribution in [1.82, 2.24) is 5.32 Å². The number of carboxylic acids is 1. The molecule has 0 bridgehead atoms. The molecule has 0 rings (SSSR count). The number of nitrogens with two attached hydrogens (primary N) is 1. The maximum atomic E-state index is 11.7. The van der Waals surface area contributed by atoms with Gasteiger partial charge in [-0.15, -0.1) is 0 Å². The first-order chi connectivity index (χ1) is 8.66. The van der Waals surface area contributed by atoms with Crippen LogP contribution in [-0.4, -0.2) is 35.4 Å². The molecule has 0 fully saturated rings. The Labute approximate surface area is 114 Å². The minimum Gasteiger partial charge on any atom is -0.481 e. The van der Waals surface area contributed by atoms with Gasteiger partial charge in [-0.25, -0.2) is 4.79 Å². The van der Waals surface area contributed by atoms with Gasteiger partial charge < -0.3 is 20.9 Å². The van der Waals surface area contributed by atoms with Gasteiger partial charge in [-0.1, -0.05) is 13.8 Å². The first kappa shape index (κ1) is 17.7. The van der Waals surface area contributed by atoms with Crippen LogP contribution in [0.2, 0.25) is 0 Å². The molecule has 0 heterocycles. The van der Waals surface area contributed by atoms with E-state index in [1.165, 1.54) is 0 Å². The fourth-order valence-corrected chi connectivity index (χ4v) is 1.46. The average molecular weight is 274 g/mol. The van der Waals surface area contributed by atoms with Crippen LogP contribution in [0.25, 0.3) is 0 Å². The zero-order valence-corrected chi connectivity index (χ0v) is 12.2. The molecule has 0 aliphatic carbocycles. The minimum atomic E-state index is -0.938. The molecule has 1 amide bonds. The molecule has 19 heavy (non-hydrogen) atoms. The Bertz CT molecular complexity index is 303. The Hall–Kier alpha value is -1.30. The van der Waals surface area contributed by atoms with Crippen LogP contribution in [0.4, 0.5) is 4.79 Å². The van der Waals surface area contributed by atoms with Gasteiger partial charge in [0.15, 0.2) is 0 Å². The SMILES string of the molecule is CC(C)CCC(CC(=O)O)NC(=O)OC(C)(C)CN. The third kappa shape index (κ3) is 9.30. The average Bonchev–Trinajstić information content (AvgIpc) is 2.24. The number of ether oxygens (including phenoxy) is 1. The molecule has 0 radical (unpaired) electrons. The van der Waals surface area contributed by atoms with E-state index in [1.807, 2.05) is 13.8 Å². The Balaban J connectivity index is 4.37. The molecule has 1 atom stereocenters. The second kappa shape index (κ2) is 7.99. The summed E-state index contributed by atoms with van der Waals surface area (Å²) in [6.45, 7) is 7.71. The van der Waals surface area contributed by atoms with Gasteiger partial charge in [-0.05, 0) is 32.6 Å². The molecule has 0 aliphatic heterocycles. The maximum absolute atomic E-state index is 11.7. The summed E-state index contributed by atoms with van der Waals surface area (Å²) in [6, 6.07) is -0.416. The molecule has 4 N–H and O–H groups in total. The fraction of sp³-hybridized carbons (Fsp3) is 0.846. The molecule has 0 aromatic heterocycles. The van der Waals surface area contributed by atoms with Gasteiger partial charge in [0.25, 0.3) is 0 Å². The van der Waals surface area contributed by atoms with Crippen molar-refractivity contribution in [2.45, 2.75) is 58.6 Å². The summed E-state index contributed by atoms with van der Waals surface area (Å²) in [5, 5.41) is 11.4. The number of hydrogen-bond acceptors (Lipinski definition) is 4. The quantitative estimate of drug-likeness (QED) is 0.625. The zero-order valence-electron chi connectivity index (χ0n) is 12.2. The van der Waals surface area contributed by atoms with Gasteiger partial charge in [-0.3, -0.25) is 4.79 Å². The van der Waals surface area contributed by atoms with Crippen molar-refractivity contribution in [2.75, 3.05) is 6.54 Å². The number of nitrogens with one attached hydrogen (secondary N) is 1. The highest BCUT2D eigenvalue weighted by Crippen LogP contribution is 2.11. The number of alkyl carbamates (subject to hydrolysis) is 1. The number of carbonyl (C=O) groups is 2. The van der Waals surface area contributed by atoms with Crippen molar-refractivity contribution in [3.05, 3.63) is 0 Å². The van der Waals surface area contributed by atoms with Gasteiger partial charge in [0.2, 0.25) is 0 Å². The van der Waals surface area contributed by atoms with Crippen molar-refractivity contribution >= 4 is 12.1 Å². The molecule has 0 saturated heterocycles. The topological polar surface area (TPSA) is 102 Å². The lowest BCUT2D eigenvalue weighted by Crippen LogP contribution is -2.44. The molecular weight excluding hydrogens is 248 g/mol. The van der Waals surface area contributed by atoms with Crippen molar-refractivity contribution in [3.8, 4) is 0 Å². The highest BCUT2D eigenvalue weighted by Gasteiger charge is 2.23. The van der Waals surface area contributed by atoms with Gasteiger partial charge in [0.05, 0.1) is 6.42 Å². The molecule has 0 saturated carbocycles. The molecule has 1 unspecified atom stereocenters. The third-order valence-electron chi connectivity index (χ3n) is 2.70. The van der Waals surface area contributed by atoms with Gasteiger partial charge >= 0.3 is 12.1 Å². The minimum absolute atomic E-state index is 0.106. The summed E-state index contributed by atoms with van der Waals surface area (Å²) in [4.78, 5) is 22.4. The maximum Gasteiger partial charge on any atom is 0.407 e. The fourth-order valence-electron chi connectivity index (χ4n) is 1.46. The summed E-state index contributed by atoms with van der Waals surface area (Å²) < 4.78 is 5.14. The zero-order chi connectivity index (χ0) is 15.1. The summed E-state index contributed by atoms with van der Waals surface area (Å²) in [6.07, 6.45) is 0.733.